The van der Waals surface area contributed by atoms with Gasteiger partial charge in [0.1, 0.15) is 11.4 Å². The summed E-state index contributed by atoms with van der Waals surface area (Å²) in [6, 6.07) is 0. The Morgan fingerprint density at radius 2 is 2.25 bits per heavy atom. The second-order valence-electron chi connectivity index (χ2n) is 4.92. The Labute approximate surface area is 117 Å². The first kappa shape index (κ1) is 14.2. The van der Waals surface area contributed by atoms with Gasteiger partial charge in [0.2, 0.25) is 5.65 Å². The van der Waals surface area contributed by atoms with Crippen LogP contribution in [-0.2, 0) is 9.53 Å². The molecule has 0 saturated heterocycles. The fourth-order valence-corrected chi connectivity index (χ4v) is 2.23. The molecular weight excluding hydrogens is 258 g/mol. The zero-order valence-electron chi connectivity index (χ0n) is 12.2. The number of nitrogens with one attached hydrogen (secondary N) is 1. The van der Waals surface area contributed by atoms with Crippen LogP contribution < -0.4 is 5.32 Å². The summed E-state index contributed by atoms with van der Waals surface area (Å²) in [7, 11) is 1.38. The molecule has 0 aliphatic rings. The van der Waals surface area contributed by atoms with Crippen molar-refractivity contribution in [2.24, 2.45) is 0 Å². The van der Waals surface area contributed by atoms with Gasteiger partial charge in [-0.25, -0.2) is 9.78 Å². The standard InChI is InChI=1S/C13H19N5O2/c1-5-6-13(3,12(19)20-4)15-10-11-17-16-9(2)18(11)8-7-14-10/h7-8H,5-6H2,1-4H3,(H,14,15). The number of anilines is 1. The lowest BCUT2D eigenvalue weighted by Gasteiger charge is -2.28. The van der Waals surface area contributed by atoms with Crippen LogP contribution in [0.15, 0.2) is 12.4 Å². The molecule has 108 valence electrons. The summed E-state index contributed by atoms with van der Waals surface area (Å²) < 4.78 is 6.70. The average molecular weight is 277 g/mol. The molecule has 0 fully saturated rings. The Kier molecular flexibility index (Phi) is 3.87. The molecule has 1 N–H and O–H groups in total. The minimum absolute atomic E-state index is 0.320. The molecule has 0 radical (unpaired) electrons. The van der Waals surface area contributed by atoms with Gasteiger partial charge in [-0.2, -0.15) is 0 Å². The average Bonchev–Trinajstić information content (AvgIpc) is 2.81. The molecule has 1 atom stereocenters. The number of aromatic nitrogens is 4. The first-order valence-electron chi connectivity index (χ1n) is 6.54. The van der Waals surface area contributed by atoms with Crippen LogP contribution in [0.2, 0.25) is 0 Å². The highest BCUT2D eigenvalue weighted by Gasteiger charge is 2.34. The third-order valence-electron chi connectivity index (χ3n) is 3.28. The van der Waals surface area contributed by atoms with Crippen LogP contribution in [0.25, 0.3) is 5.65 Å². The van der Waals surface area contributed by atoms with Crippen LogP contribution in [0, 0.1) is 6.92 Å². The molecule has 20 heavy (non-hydrogen) atoms. The molecule has 0 aliphatic carbocycles. The van der Waals surface area contributed by atoms with Gasteiger partial charge in [-0.1, -0.05) is 13.3 Å². The predicted octanol–water partition coefficient (Wildman–Crippen LogP) is 1.58. The second-order valence-corrected chi connectivity index (χ2v) is 4.92. The Balaban J connectivity index is 2.41. The Morgan fingerprint density at radius 3 is 2.90 bits per heavy atom. The molecule has 0 aliphatic heterocycles. The van der Waals surface area contributed by atoms with E-state index in [2.05, 4.69) is 20.5 Å². The number of carbonyl (C=O) groups excluding carboxylic acids is 1. The second kappa shape index (κ2) is 5.44. The molecule has 0 amide bonds. The van der Waals surface area contributed by atoms with Gasteiger partial charge in [0.05, 0.1) is 7.11 Å². The predicted molar refractivity (Wildman–Crippen MR) is 74.5 cm³/mol. The molecule has 2 aromatic heterocycles. The smallest absolute Gasteiger partial charge is 0.331 e. The highest BCUT2D eigenvalue weighted by Crippen LogP contribution is 2.22. The van der Waals surface area contributed by atoms with Crippen molar-refractivity contribution in [3.8, 4) is 0 Å². The fraction of sp³-hybridized carbons (Fsp3) is 0.538. The minimum Gasteiger partial charge on any atom is -0.467 e. The maximum atomic E-state index is 12.0. The summed E-state index contributed by atoms with van der Waals surface area (Å²) in [5.74, 6) is 0.967. The number of carbonyl (C=O) groups is 1. The van der Waals surface area contributed by atoms with Gasteiger partial charge in [-0.15, -0.1) is 10.2 Å². The van der Waals surface area contributed by atoms with Gasteiger partial charge in [0.15, 0.2) is 5.82 Å². The highest BCUT2D eigenvalue weighted by molar-refractivity contribution is 5.85. The lowest BCUT2D eigenvalue weighted by Crippen LogP contribution is -2.44. The van der Waals surface area contributed by atoms with E-state index in [1.54, 1.807) is 19.3 Å². The summed E-state index contributed by atoms with van der Waals surface area (Å²) >= 11 is 0. The van der Waals surface area contributed by atoms with Crippen molar-refractivity contribution < 1.29 is 9.53 Å². The van der Waals surface area contributed by atoms with E-state index in [-0.39, 0.29) is 5.97 Å². The number of rotatable bonds is 5. The van der Waals surface area contributed by atoms with E-state index in [9.17, 15) is 4.79 Å². The van der Waals surface area contributed by atoms with Crippen LogP contribution in [0.4, 0.5) is 5.82 Å². The van der Waals surface area contributed by atoms with E-state index in [1.807, 2.05) is 18.2 Å². The van der Waals surface area contributed by atoms with Gasteiger partial charge in [0.25, 0.3) is 0 Å². The molecule has 2 aromatic rings. The molecule has 0 aromatic carbocycles. The first-order chi connectivity index (χ1) is 9.51. The number of hydrogen-bond donors (Lipinski definition) is 1. The normalized spacial score (nSPS) is 14.0. The summed E-state index contributed by atoms with van der Waals surface area (Å²) in [4.78, 5) is 16.3. The zero-order valence-corrected chi connectivity index (χ0v) is 12.2. The summed E-state index contributed by atoms with van der Waals surface area (Å²) in [6.07, 6.45) is 4.91. The van der Waals surface area contributed by atoms with E-state index in [1.165, 1.54) is 7.11 Å². The fourth-order valence-electron chi connectivity index (χ4n) is 2.23. The number of fused-ring (bicyclic) bond motifs is 1. The number of methoxy groups -OCH3 is 1. The Hall–Kier alpha value is -2.18. The van der Waals surface area contributed by atoms with E-state index in [4.69, 9.17) is 4.74 Å². The van der Waals surface area contributed by atoms with Crippen molar-refractivity contribution in [1.29, 1.82) is 0 Å². The number of esters is 1. The maximum absolute atomic E-state index is 12.0. The van der Waals surface area contributed by atoms with Crippen molar-refractivity contribution in [3.63, 3.8) is 0 Å². The number of nitrogens with zero attached hydrogens (tertiary/aromatic N) is 4. The van der Waals surface area contributed by atoms with E-state index >= 15 is 0 Å². The van der Waals surface area contributed by atoms with E-state index in [0.717, 1.165) is 12.2 Å². The van der Waals surface area contributed by atoms with Crippen molar-refractivity contribution in [2.45, 2.75) is 39.2 Å². The molecule has 0 saturated carbocycles. The topological polar surface area (TPSA) is 81.4 Å². The minimum atomic E-state index is -0.835. The van der Waals surface area contributed by atoms with Gasteiger partial charge < -0.3 is 10.1 Å². The van der Waals surface area contributed by atoms with E-state index < -0.39 is 5.54 Å². The highest BCUT2D eigenvalue weighted by atomic mass is 16.5. The molecule has 7 nitrogen and oxygen atoms in total. The number of ether oxygens (including phenoxy) is 1. The lowest BCUT2D eigenvalue weighted by atomic mass is 9.96. The molecule has 7 heteroatoms. The first-order valence-corrected chi connectivity index (χ1v) is 6.54. The van der Waals surface area contributed by atoms with Gasteiger partial charge in [0, 0.05) is 12.4 Å². The van der Waals surface area contributed by atoms with Crippen LogP contribution in [-0.4, -0.2) is 38.2 Å². The largest absolute Gasteiger partial charge is 0.467 e. The maximum Gasteiger partial charge on any atom is 0.331 e. The van der Waals surface area contributed by atoms with Crippen LogP contribution in [0.3, 0.4) is 0 Å². The Morgan fingerprint density at radius 1 is 1.50 bits per heavy atom. The SMILES string of the molecule is CCCC(C)(Nc1nccn2c(C)nnc12)C(=O)OC. The van der Waals surface area contributed by atoms with Crippen molar-refractivity contribution in [3.05, 3.63) is 18.2 Å². The Bertz CT molecular complexity index is 624. The zero-order chi connectivity index (χ0) is 14.8. The van der Waals surface area contributed by atoms with Gasteiger partial charge in [-0.05, 0) is 20.3 Å². The molecule has 0 spiro atoms. The number of aryl methyl sites for hydroxylation is 1. The molecule has 0 bridgehead atoms. The van der Waals surface area contributed by atoms with Gasteiger partial charge >= 0.3 is 5.97 Å². The summed E-state index contributed by atoms with van der Waals surface area (Å²) in [5.41, 5.74) is -0.241. The van der Waals surface area contributed by atoms with Crippen molar-refractivity contribution in [2.75, 3.05) is 12.4 Å². The van der Waals surface area contributed by atoms with Crippen LogP contribution >= 0.6 is 0 Å². The van der Waals surface area contributed by atoms with Gasteiger partial charge in [-0.3, -0.25) is 4.40 Å². The summed E-state index contributed by atoms with van der Waals surface area (Å²) in [6.45, 7) is 5.67. The summed E-state index contributed by atoms with van der Waals surface area (Å²) in [5, 5.41) is 11.3. The molecular formula is C13H19N5O2. The monoisotopic (exact) mass is 277 g/mol. The molecule has 2 rings (SSSR count). The number of hydrogen-bond acceptors (Lipinski definition) is 6. The molecule has 1 unspecified atom stereocenters. The van der Waals surface area contributed by atoms with E-state index in [0.29, 0.717) is 17.9 Å². The van der Waals surface area contributed by atoms with Crippen molar-refractivity contribution in [1.82, 2.24) is 19.6 Å². The lowest BCUT2D eigenvalue weighted by molar-refractivity contribution is -0.145. The van der Waals surface area contributed by atoms with Crippen LogP contribution in [0.1, 0.15) is 32.5 Å². The quantitative estimate of drug-likeness (QED) is 0.836. The third-order valence-corrected chi connectivity index (χ3v) is 3.28. The third kappa shape index (κ3) is 2.43. The molecule has 2 heterocycles. The van der Waals surface area contributed by atoms with Crippen molar-refractivity contribution >= 4 is 17.4 Å². The van der Waals surface area contributed by atoms with Crippen LogP contribution in [0.5, 0.6) is 0 Å².